The van der Waals surface area contributed by atoms with Crippen molar-refractivity contribution in [3.05, 3.63) is 77.4 Å². The first-order valence-corrected chi connectivity index (χ1v) is 12.7. The average Bonchev–Trinajstić information content (AvgIpc) is 2.86. The number of allylic oxidation sites excluding steroid dienone is 1. The molecule has 33 heavy (non-hydrogen) atoms. The van der Waals surface area contributed by atoms with E-state index in [-0.39, 0.29) is 0 Å². The SMILES string of the molecule is CCN(CC)C1CCC(=Cc2ccc(N3CCNCC3C)cc2)c2cc3ccccc3cc21. The van der Waals surface area contributed by atoms with Crippen molar-refractivity contribution in [1.29, 1.82) is 0 Å². The lowest BCUT2D eigenvalue weighted by molar-refractivity contribution is 0.206. The summed E-state index contributed by atoms with van der Waals surface area (Å²) in [6, 6.07) is 23.9. The molecule has 0 aromatic heterocycles. The predicted molar refractivity (Wildman–Crippen MR) is 143 cm³/mol. The van der Waals surface area contributed by atoms with Gasteiger partial charge in [-0.25, -0.2) is 0 Å². The van der Waals surface area contributed by atoms with Crippen LogP contribution in [-0.2, 0) is 0 Å². The van der Waals surface area contributed by atoms with Crippen LogP contribution in [0.1, 0.15) is 56.3 Å². The van der Waals surface area contributed by atoms with Crippen LogP contribution in [0.5, 0.6) is 0 Å². The van der Waals surface area contributed by atoms with Crippen molar-refractivity contribution in [3.8, 4) is 0 Å². The normalized spacial score (nSPS) is 22.2. The van der Waals surface area contributed by atoms with Gasteiger partial charge in [-0.05, 0) is 90.2 Å². The Morgan fingerprint density at radius 2 is 1.73 bits per heavy atom. The highest BCUT2D eigenvalue weighted by atomic mass is 15.2. The molecule has 2 aliphatic rings. The van der Waals surface area contributed by atoms with Crippen molar-refractivity contribution in [2.45, 2.75) is 45.7 Å². The molecule has 0 spiro atoms. The minimum atomic E-state index is 0.508. The van der Waals surface area contributed by atoms with E-state index in [1.54, 1.807) is 0 Å². The molecule has 1 saturated heterocycles. The highest BCUT2D eigenvalue weighted by Gasteiger charge is 2.27. The van der Waals surface area contributed by atoms with Crippen LogP contribution in [0.15, 0.2) is 60.7 Å². The Kier molecular flexibility index (Phi) is 6.52. The van der Waals surface area contributed by atoms with E-state index in [2.05, 4.69) is 103 Å². The molecule has 3 nitrogen and oxygen atoms in total. The Balaban J connectivity index is 1.51. The van der Waals surface area contributed by atoms with Gasteiger partial charge in [0.2, 0.25) is 0 Å². The van der Waals surface area contributed by atoms with Crippen LogP contribution in [0.25, 0.3) is 22.4 Å². The van der Waals surface area contributed by atoms with Crippen molar-refractivity contribution in [2.75, 3.05) is 37.6 Å². The molecule has 2 atom stereocenters. The summed E-state index contributed by atoms with van der Waals surface area (Å²) in [7, 11) is 0. The molecule has 0 bridgehead atoms. The largest absolute Gasteiger partial charge is 0.366 e. The number of nitrogens with one attached hydrogen (secondary N) is 1. The van der Waals surface area contributed by atoms with Crippen molar-refractivity contribution < 1.29 is 0 Å². The Hall–Kier alpha value is -2.62. The number of rotatable bonds is 5. The second-order valence-corrected chi connectivity index (χ2v) is 9.57. The van der Waals surface area contributed by atoms with Crippen LogP contribution < -0.4 is 10.2 Å². The van der Waals surface area contributed by atoms with Crippen molar-refractivity contribution >= 4 is 28.1 Å². The lowest BCUT2D eigenvalue weighted by Crippen LogP contribution is -2.49. The van der Waals surface area contributed by atoms with Gasteiger partial charge >= 0.3 is 0 Å². The van der Waals surface area contributed by atoms with Crippen LogP contribution in [0.3, 0.4) is 0 Å². The summed E-state index contributed by atoms with van der Waals surface area (Å²) in [4.78, 5) is 5.14. The first-order chi connectivity index (χ1) is 16.2. The maximum atomic E-state index is 3.49. The van der Waals surface area contributed by atoms with Crippen LogP contribution >= 0.6 is 0 Å². The van der Waals surface area contributed by atoms with Gasteiger partial charge < -0.3 is 10.2 Å². The van der Waals surface area contributed by atoms with Gasteiger partial charge in [0, 0.05) is 37.4 Å². The molecular formula is C30H37N3. The number of benzene rings is 3. The fourth-order valence-corrected chi connectivity index (χ4v) is 5.78. The predicted octanol–water partition coefficient (Wildman–Crippen LogP) is 6.36. The third-order valence-electron chi connectivity index (χ3n) is 7.63. The molecule has 1 aliphatic heterocycles. The number of anilines is 1. The number of nitrogens with zero attached hydrogens (tertiary/aromatic N) is 2. The summed E-state index contributed by atoms with van der Waals surface area (Å²) >= 11 is 0. The molecule has 3 aromatic rings. The number of hydrogen-bond donors (Lipinski definition) is 1. The Bertz CT molecular complexity index is 1130. The van der Waals surface area contributed by atoms with E-state index < -0.39 is 0 Å². The smallest absolute Gasteiger partial charge is 0.0386 e. The average molecular weight is 440 g/mol. The van der Waals surface area contributed by atoms with Gasteiger partial charge in [0.05, 0.1) is 0 Å². The standard InChI is InChI=1S/C30H37N3/c1-4-32(5-2)30-15-12-26(28-19-24-8-6-7-9-25(24)20-29(28)30)18-23-10-13-27(14-11-23)33-17-16-31-21-22(33)3/h6-11,13-14,18-20,22,30-31H,4-5,12,15-17,21H2,1-3H3. The summed E-state index contributed by atoms with van der Waals surface area (Å²) in [5, 5.41) is 6.18. The van der Waals surface area contributed by atoms with Gasteiger partial charge in [0.1, 0.15) is 0 Å². The topological polar surface area (TPSA) is 18.5 Å². The van der Waals surface area contributed by atoms with E-state index >= 15 is 0 Å². The highest BCUT2D eigenvalue weighted by molar-refractivity contribution is 5.92. The molecule has 172 valence electrons. The van der Waals surface area contributed by atoms with E-state index in [9.17, 15) is 0 Å². The van der Waals surface area contributed by atoms with E-state index in [1.165, 1.54) is 45.1 Å². The summed E-state index contributed by atoms with van der Waals surface area (Å²) in [5.41, 5.74) is 7.06. The van der Waals surface area contributed by atoms with Crippen molar-refractivity contribution in [3.63, 3.8) is 0 Å². The Labute approximate surface area is 199 Å². The second-order valence-electron chi connectivity index (χ2n) is 9.57. The fourth-order valence-electron chi connectivity index (χ4n) is 5.78. The molecule has 1 N–H and O–H groups in total. The number of fused-ring (bicyclic) bond motifs is 2. The molecule has 3 heteroatoms. The molecule has 1 heterocycles. The van der Waals surface area contributed by atoms with E-state index in [1.807, 2.05) is 0 Å². The summed E-state index contributed by atoms with van der Waals surface area (Å²) in [6.07, 6.45) is 4.75. The molecule has 0 saturated carbocycles. The van der Waals surface area contributed by atoms with Gasteiger partial charge in [0.25, 0.3) is 0 Å². The van der Waals surface area contributed by atoms with E-state index in [0.29, 0.717) is 12.1 Å². The molecule has 1 fully saturated rings. The molecule has 0 radical (unpaired) electrons. The van der Waals surface area contributed by atoms with Gasteiger partial charge in [-0.3, -0.25) is 4.90 Å². The minimum absolute atomic E-state index is 0.508. The van der Waals surface area contributed by atoms with Gasteiger partial charge in [-0.1, -0.05) is 56.3 Å². The first-order valence-electron chi connectivity index (χ1n) is 12.7. The molecule has 3 aromatic carbocycles. The quantitative estimate of drug-likeness (QED) is 0.499. The third kappa shape index (κ3) is 4.45. The minimum Gasteiger partial charge on any atom is -0.366 e. The zero-order chi connectivity index (χ0) is 22.8. The maximum absolute atomic E-state index is 3.49. The lowest BCUT2D eigenvalue weighted by atomic mass is 9.81. The summed E-state index contributed by atoms with van der Waals surface area (Å²) < 4.78 is 0. The second kappa shape index (κ2) is 9.70. The number of piperazine rings is 1. The summed E-state index contributed by atoms with van der Waals surface area (Å²) in [6.45, 7) is 12.3. The maximum Gasteiger partial charge on any atom is 0.0386 e. The third-order valence-corrected chi connectivity index (χ3v) is 7.63. The zero-order valence-corrected chi connectivity index (χ0v) is 20.3. The molecule has 1 aliphatic carbocycles. The fraction of sp³-hybridized carbons (Fsp3) is 0.400. The van der Waals surface area contributed by atoms with E-state index in [4.69, 9.17) is 0 Å². The Morgan fingerprint density at radius 1 is 1.00 bits per heavy atom. The van der Waals surface area contributed by atoms with Gasteiger partial charge in [-0.15, -0.1) is 0 Å². The first kappa shape index (κ1) is 22.2. The lowest BCUT2D eigenvalue weighted by Gasteiger charge is -2.36. The van der Waals surface area contributed by atoms with Crippen molar-refractivity contribution in [1.82, 2.24) is 10.2 Å². The van der Waals surface area contributed by atoms with Crippen molar-refractivity contribution in [2.24, 2.45) is 0 Å². The van der Waals surface area contributed by atoms with Gasteiger partial charge in [-0.2, -0.15) is 0 Å². The monoisotopic (exact) mass is 439 g/mol. The van der Waals surface area contributed by atoms with Crippen LogP contribution in [-0.4, -0.2) is 43.7 Å². The Morgan fingerprint density at radius 3 is 2.42 bits per heavy atom. The molecular weight excluding hydrogens is 402 g/mol. The van der Waals surface area contributed by atoms with Crippen LogP contribution in [0, 0.1) is 0 Å². The number of hydrogen-bond acceptors (Lipinski definition) is 3. The zero-order valence-electron chi connectivity index (χ0n) is 20.3. The van der Waals surface area contributed by atoms with Crippen LogP contribution in [0.2, 0.25) is 0 Å². The highest BCUT2D eigenvalue weighted by Crippen LogP contribution is 2.42. The molecule has 5 rings (SSSR count). The van der Waals surface area contributed by atoms with Crippen LogP contribution in [0.4, 0.5) is 5.69 Å². The molecule has 2 unspecified atom stereocenters. The van der Waals surface area contributed by atoms with E-state index in [0.717, 1.165) is 39.1 Å². The molecule has 0 amide bonds. The van der Waals surface area contributed by atoms with Gasteiger partial charge in [0.15, 0.2) is 0 Å². The summed E-state index contributed by atoms with van der Waals surface area (Å²) in [5.74, 6) is 0.